The van der Waals surface area contributed by atoms with Crippen LogP contribution in [0, 0.1) is 0 Å². The zero-order valence-electron chi connectivity index (χ0n) is 52.5. The van der Waals surface area contributed by atoms with Crippen molar-refractivity contribution in [3.8, 4) is 0 Å². The van der Waals surface area contributed by atoms with E-state index in [4.69, 9.17) is 14.2 Å². The van der Waals surface area contributed by atoms with Gasteiger partial charge in [0.1, 0.15) is 13.2 Å². The van der Waals surface area contributed by atoms with E-state index >= 15 is 0 Å². The van der Waals surface area contributed by atoms with Crippen LogP contribution in [0.4, 0.5) is 0 Å². The van der Waals surface area contributed by atoms with Gasteiger partial charge in [-0.2, -0.15) is 0 Å². The summed E-state index contributed by atoms with van der Waals surface area (Å²) in [7, 11) is 0. The molecule has 1 unspecified atom stereocenters. The Bertz CT molecular complexity index is 1350. The van der Waals surface area contributed by atoms with Gasteiger partial charge in [0.15, 0.2) is 6.10 Å². The first-order valence-corrected chi connectivity index (χ1v) is 34.6. The molecule has 0 rings (SSSR count). The van der Waals surface area contributed by atoms with Crippen molar-refractivity contribution < 1.29 is 28.6 Å². The van der Waals surface area contributed by atoms with E-state index in [2.05, 4.69) is 69.4 Å². The van der Waals surface area contributed by atoms with Gasteiger partial charge < -0.3 is 14.2 Å². The molecule has 0 aliphatic rings. The van der Waals surface area contributed by atoms with Gasteiger partial charge >= 0.3 is 17.9 Å². The van der Waals surface area contributed by atoms with Crippen LogP contribution < -0.4 is 0 Å². The maximum absolute atomic E-state index is 12.9. The van der Waals surface area contributed by atoms with Crippen LogP contribution in [0.5, 0.6) is 0 Å². The van der Waals surface area contributed by atoms with Gasteiger partial charge in [-0.3, -0.25) is 14.4 Å². The molecule has 0 aromatic rings. The van der Waals surface area contributed by atoms with Gasteiger partial charge in [0.05, 0.1) is 0 Å². The summed E-state index contributed by atoms with van der Waals surface area (Å²) in [4.78, 5) is 38.3. The maximum atomic E-state index is 12.9. The Morgan fingerprint density at radius 1 is 0.269 bits per heavy atom. The predicted molar refractivity (Wildman–Crippen MR) is 339 cm³/mol. The third-order valence-electron chi connectivity index (χ3n) is 15.6. The Labute approximate surface area is 486 Å². The lowest BCUT2D eigenvalue weighted by Crippen LogP contribution is -2.30. The molecular weight excluding hydrogens is 961 g/mol. The van der Waals surface area contributed by atoms with Crippen molar-refractivity contribution >= 4 is 17.9 Å². The van der Waals surface area contributed by atoms with Gasteiger partial charge in [-0.1, -0.05) is 345 Å². The molecule has 0 spiro atoms. The van der Waals surface area contributed by atoms with Crippen molar-refractivity contribution in [1.82, 2.24) is 0 Å². The lowest BCUT2D eigenvalue weighted by molar-refractivity contribution is -0.167. The van der Waals surface area contributed by atoms with Gasteiger partial charge in [0.25, 0.3) is 0 Å². The molecule has 0 aromatic heterocycles. The highest BCUT2D eigenvalue weighted by molar-refractivity contribution is 5.71. The van der Waals surface area contributed by atoms with Crippen molar-refractivity contribution in [3.05, 3.63) is 48.6 Å². The van der Waals surface area contributed by atoms with Crippen LogP contribution in [-0.2, 0) is 28.6 Å². The summed E-state index contributed by atoms with van der Waals surface area (Å²) in [5.74, 6) is -0.842. The standard InChI is InChI=1S/C72H132O6/c1-4-7-10-13-16-19-22-24-26-28-30-32-34-35-36-37-39-40-42-44-46-48-50-53-56-59-62-65-71(74)77-68-69(67-76-70(73)64-61-58-55-52-21-18-15-12-9-6-3)78-72(75)66-63-60-57-54-51-49-47-45-43-41-38-33-31-29-27-25-23-20-17-14-11-8-5-2/h7,10,16,19,24,26,30,32,69H,4-6,8-9,11-15,17-18,20-23,25,27-29,31,33-68H2,1-3H3/b10-7-,19-16-,26-24-,32-30-. The van der Waals surface area contributed by atoms with Gasteiger partial charge in [-0.05, 0) is 57.8 Å². The van der Waals surface area contributed by atoms with Crippen molar-refractivity contribution in [2.45, 2.75) is 380 Å². The molecule has 456 valence electrons. The van der Waals surface area contributed by atoms with E-state index in [0.717, 1.165) is 83.5 Å². The molecule has 1 atom stereocenters. The maximum Gasteiger partial charge on any atom is 0.306 e. The van der Waals surface area contributed by atoms with Crippen LogP contribution in [0.25, 0.3) is 0 Å². The average Bonchev–Trinajstić information content (AvgIpc) is 3.44. The Morgan fingerprint density at radius 3 is 0.782 bits per heavy atom. The minimum Gasteiger partial charge on any atom is -0.462 e. The zero-order valence-corrected chi connectivity index (χ0v) is 52.5. The van der Waals surface area contributed by atoms with Crippen molar-refractivity contribution in [3.63, 3.8) is 0 Å². The second-order valence-corrected chi connectivity index (χ2v) is 23.4. The second kappa shape index (κ2) is 66.9. The van der Waals surface area contributed by atoms with Gasteiger partial charge in [-0.15, -0.1) is 0 Å². The molecule has 0 N–H and O–H groups in total. The number of hydrogen-bond donors (Lipinski definition) is 0. The van der Waals surface area contributed by atoms with E-state index in [1.54, 1.807) is 0 Å². The first-order valence-electron chi connectivity index (χ1n) is 34.6. The normalized spacial score (nSPS) is 12.3. The highest BCUT2D eigenvalue weighted by Crippen LogP contribution is 2.18. The molecule has 78 heavy (non-hydrogen) atoms. The minimum atomic E-state index is -0.769. The fraction of sp³-hybridized carbons (Fsp3) is 0.847. The largest absolute Gasteiger partial charge is 0.462 e. The van der Waals surface area contributed by atoms with Crippen LogP contribution in [0.2, 0.25) is 0 Å². The van der Waals surface area contributed by atoms with Gasteiger partial charge in [0.2, 0.25) is 0 Å². The SMILES string of the molecule is CC/C=C\C/C=C\C/C=C\C/C=C\CCCCCCCCCCCCCCCCC(=O)OCC(COC(=O)CCCCCCCCCCCC)OC(=O)CCCCCCCCCCCCCCCCCCCCCCCCC. The molecule has 6 heteroatoms. The second-order valence-electron chi connectivity index (χ2n) is 23.4. The van der Waals surface area contributed by atoms with Crippen LogP contribution in [0.1, 0.15) is 374 Å². The summed E-state index contributed by atoms with van der Waals surface area (Å²) in [6, 6.07) is 0. The van der Waals surface area contributed by atoms with E-state index in [-0.39, 0.29) is 31.1 Å². The molecule has 0 radical (unpaired) electrons. The topological polar surface area (TPSA) is 78.9 Å². The van der Waals surface area contributed by atoms with E-state index in [0.29, 0.717) is 19.3 Å². The zero-order chi connectivity index (χ0) is 56.4. The third-order valence-corrected chi connectivity index (χ3v) is 15.6. The van der Waals surface area contributed by atoms with Gasteiger partial charge in [0, 0.05) is 19.3 Å². The van der Waals surface area contributed by atoms with E-state index in [1.165, 1.54) is 250 Å². The number of hydrogen-bond acceptors (Lipinski definition) is 6. The van der Waals surface area contributed by atoms with E-state index in [1.807, 2.05) is 0 Å². The molecule has 6 nitrogen and oxygen atoms in total. The summed E-state index contributed by atoms with van der Waals surface area (Å²) >= 11 is 0. The van der Waals surface area contributed by atoms with Crippen molar-refractivity contribution in [2.24, 2.45) is 0 Å². The summed E-state index contributed by atoms with van der Waals surface area (Å²) in [6.07, 6.45) is 84.3. The summed E-state index contributed by atoms with van der Waals surface area (Å²) < 4.78 is 17.0. The molecule has 0 aliphatic carbocycles. The Morgan fingerprint density at radius 2 is 0.500 bits per heavy atom. The molecule has 0 saturated carbocycles. The van der Waals surface area contributed by atoms with Crippen LogP contribution in [0.15, 0.2) is 48.6 Å². The highest BCUT2D eigenvalue weighted by Gasteiger charge is 2.19. The fourth-order valence-corrected chi connectivity index (χ4v) is 10.4. The number of esters is 3. The number of carbonyl (C=O) groups is 3. The van der Waals surface area contributed by atoms with E-state index < -0.39 is 6.10 Å². The predicted octanol–water partition coefficient (Wildman–Crippen LogP) is 23.7. The summed E-state index contributed by atoms with van der Waals surface area (Å²) in [6.45, 7) is 6.58. The number of rotatable bonds is 64. The first-order chi connectivity index (χ1) is 38.5. The Balaban J connectivity index is 4.15. The number of unbranched alkanes of at least 4 members (excludes halogenated alkanes) is 45. The van der Waals surface area contributed by atoms with Crippen molar-refractivity contribution in [2.75, 3.05) is 13.2 Å². The molecule has 0 aromatic carbocycles. The number of allylic oxidation sites excluding steroid dienone is 8. The van der Waals surface area contributed by atoms with Crippen LogP contribution in [-0.4, -0.2) is 37.2 Å². The lowest BCUT2D eigenvalue weighted by Gasteiger charge is -2.18. The Kier molecular flexibility index (Phi) is 64.6. The third kappa shape index (κ3) is 64.2. The molecule has 0 heterocycles. The quantitative estimate of drug-likeness (QED) is 0.0261. The Hall–Kier alpha value is -2.63. The molecule has 0 fully saturated rings. The average molecular weight is 1090 g/mol. The summed E-state index contributed by atoms with van der Waals surface area (Å²) in [5, 5.41) is 0. The monoisotopic (exact) mass is 1090 g/mol. The van der Waals surface area contributed by atoms with E-state index in [9.17, 15) is 14.4 Å². The van der Waals surface area contributed by atoms with Crippen LogP contribution in [0.3, 0.4) is 0 Å². The fourth-order valence-electron chi connectivity index (χ4n) is 10.4. The number of ether oxygens (including phenoxy) is 3. The molecule has 0 bridgehead atoms. The number of carbonyl (C=O) groups excluding carboxylic acids is 3. The molecule has 0 amide bonds. The van der Waals surface area contributed by atoms with Crippen molar-refractivity contribution in [1.29, 1.82) is 0 Å². The molecule has 0 aliphatic heterocycles. The highest BCUT2D eigenvalue weighted by atomic mass is 16.6. The van der Waals surface area contributed by atoms with Gasteiger partial charge in [-0.25, -0.2) is 0 Å². The smallest absolute Gasteiger partial charge is 0.306 e. The minimum absolute atomic E-state index is 0.0667. The first kappa shape index (κ1) is 75.4. The van der Waals surface area contributed by atoms with Crippen LogP contribution >= 0.6 is 0 Å². The lowest BCUT2D eigenvalue weighted by atomic mass is 10.0. The summed E-state index contributed by atoms with van der Waals surface area (Å²) in [5.41, 5.74) is 0. The molecule has 0 saturated heterocycles. The molecular formula is C72H132O6.